The summed E-state index contributed by atoms with van der Waals surface area (Å²) in [5, 5.41) is 3.19. The van der Waals surface area contributed by atoms with Crippen molar-refractivity contribution in [2.45, 2.75) is 47.5 Å². The molecule has 0 saturated heterocycles. The zero-order valence-electron chi connectivity index (χ0n) is 12.5. The lowest BCUT2D eigenvalue weighted by Crippen LogP contribution is -2.09. The summed E-state index contributed by atoms with van der Waals surface area (Å²) in [4.78, 5) is 0. The van der Waals surface area contributed by atoms with Gasteiger partial charge in [0.1, 0.15) is 0 Å². The maximum atomic E-state index is 3.69. The molecule has 0 atom stereocenters. The van der Waals surface area contributed by atoms with Crippen molar-refractivity contribution in [3.63, 3.8) is 0 Å². The first-order valence-corrected chi connectivity index (χ1v) is 6.99. The highest BCUT2D eigenvalue weighted by molar-refractivity contribution is 5.69. The average molecular weight is 247 g/mol. The molecule has 1 aromatic carbocycles. The Morgan fingerprint density at radius 3 is 2.50 bits per heavy atom. The van der Waals surface area contributed by atoms with Gasteiger partial charge in [0.05, 0.1) is 0 Å². The van der Waals surface area contributed by atoms with E-state index in [1.165, 1.54) is 22.4 Å². The van der Waals surface area contributed by atoms with Crippen LogP contribution < -0.4 is 5.32 Å². The largest absolute Gasteiger partial charge is 0.362 e. The first-order valence-electron chi connectivity index (χ1n) is 6.99. The van der Waals surface area contributed by atoms with Gasteiger partial charge in [-0.3, -0.25) is 0 Å². The van der Waals surface area contributed by atoms with Crippen molar-refractivity contribution in [3.8, 4) is 0 Å². The Hall–Kier alpha value is -1.50. The van der Waals surface area contributed by atoms with Crippen molar-refractivity contribution >= 4 is 5.70 Å². The Labute approximate surface area is 114 Å². The van der Waals surface area contributed by atoms with Crippen molar-refractivity contribution in [2.75, 3.05) is 0 Å². The van der Waals surface area contributed by atoms with E-state index in [1.54, 1.807) is 6.20 Å². The second-order valence-corrected chi connectivity index (χ2v) is 3.67. The fraction of sp³-hybridized carbons (Fsp3) is 0.412. The molecule has 1 N–H and O–H groups in total. The highest BCUT2D eigenvalue weighted by atomic mass is 14.8. The molecule has 1 aliphatic carbocycles. The number of fused-ring (bicyclic) bond motifs is 1. The normalized spacial score (nSPS) is 11.7. The van der Waals surface area contributed by atoms with Crippen molar-refractivity contribution in [1.29, 1.82) is 0 Å². The van der Waals surface area contributed by atoms with Gasteiger partial charge in [0.2, 0.25) is 0 Å². The van der Waals surface area contributed by atoms with E-state index in [1.807, 2.05) is 27.7 Å². The molecule has 0 aliphatic heterocycles. The number of aryl methyl sites for hydroxylation is 2. The standard InChI is InChI=1S/C13H15N.2C2H6.H2/c1-3-14-13-6-4-5-11-9-10(2)7-8-12(11)13;2*1-2;/h3,6-9,14H,1,4-5H2,2H3;2*1-2H3;1H. The molecule has 1 aliphatic rings. The highest BCUT2D eigenvalue weighted by Crippen LogP contribution is 2.25. The molecular formula is C17H29N. The van der Waals surface area contributed by atoms with Crippen LogP contribution in [0.4, 0.5) is 0 Å². The molecule has 0 aromatic heterocycles. The van der Waals surface area contributed by atoms with Crippen LogP contribution in [0.5, 0.6) is 0 Å². The van der Waals surface area contributed by atoms with Crippen LogP contribution in [0.25, 0.3) is 5.70 Å². The molecule has 0 heterocycles. The molecule has 0 unspecified atom stereocenters. The van der Waals surface area contributed by atoms with E-state index in [2.05, 4.69) is 43.1 Å². The maximum absolute atomic E-state index is 3.69. The summed E-state index contributed by atoms with van der Waals surface area (Å²) < 4.78 is 0. The molecule has 0 bridgehead atoms. The van der Waals surface area contributed by atoms with E-state index in [0.29, 0.717) is 0 Å². The van der Waals surface area contributed by atoms with Crippen LogP contribution in [0.1, 0.15) is 52.2 Å². The quantitative estimate of drug-likeness (QED) is 0.746. The number of rotatable bonds is 2. The highest BCUT2D eigenvalue weighted by Gasteiger charge is 2.10. The summed E-state index contributed by atoms with van der Waals surface area (Å²) in [5.41, 5.74) is 5.29. The van der Waals surface area contributed by atoms with Crippen molar-refractivity contribution in [3.05, 3.63) is 53.7 Å². The third-order valence-corrected chi connectivity index (χ3v) is 2.57. The zero-order valence-corrected chi connectivity index (χ0v) is 12.5. The Bertz CT molecular complexity index is 394. The van der Waals surface area contributed by atoms with Crippen LogP contribution in [0.2, 0.25) is 0 Å². The van der Waals surface area contributed by atoms with Gasteiger partial charge < -0.3 is 5.32 Å². The molecule has 18 heavy (non-hydrogen) atoms. The number of hydrogen-bond donors (Lipinski definition) is 1. The Morgan fingerprint density at radius 2 is 1.89 bits per heavy atom. The lowest BCUT2D eigenvalue weighted by Gasteiger charge is -2.18. The molecular weight excluding hydrogens is 218 g/mol. The molecule has 1 nitrogen and oxygen atoms in total. The van der Waals surface area contributed by atoms with Crippen molar-refractivity contribution in [2.24, 2.45) is 0 Å². The minimum atomic E-state index is 0. The van der Waals surface area contributed by atoms with Gasteiger partial charge in [-0.2, -0.15) is 0 Å². The molecule has 0 amide bonds. The number of benzene rings is 1. The summed E-state index contributed by atoms with van der Waals surface area (Å²) in [6.45, 7) is 13.8. The minimum absolute atomic E-state index is 0. The number of hydrogen-bond acceptors (Lipinski definition) is 1. The van der Waals surface area contributed by atoms with E-state index in [9.17, 15) is 0 Å². The molecule has 0 saturated carbocycles. The summed E-state index contributed by atoms with van der Waals surface area (Å²) in [5.74, 6) is 0. The summed E-state index contributed by atoms with van der Waals surface area (Å²) in [6.07, 6.45) is 6.24. The summed E-state index contributed by atoms with van der Waals surface area (Å²) in [6, 6.07) is 6.61. The van der Waals surface area contributed by atoms with E-state index in [-0.39, 0.29) is 1.43 Å². The number of allylic oxidation sites excluding steroid dienone is 1. The van der Waals surface area contributed by atoms with Crippen LogP contribution in [0, 0.1) is 6.92 Å². The second kappa shape index (κ2) is 9.52. The Balaban J connectivity index is 0. The molecule has 1 heteroatoms. The van der Waals surface area contributed by atoms with Gasteiger partial charge in [-0.25, -0.2) is 0 Å². The molecule has 0 spiro atoms. The monoisotopic (exact) mass is 247 g/mol. The predicted octanol–water partition coefficient (Wildman–Crippen LogP) is 5.31. The van der Waals surface area contributed by atoms with E-state index in [0.717, 1.165) is 12.8 Å². The van der Waals surface area contributed by atoms with E-state index < -0.39 is 0 Å². The zero-order chi connectivity index (χ0) is 14.0. The SMILES string of the molecule is C=CNC1=CCCc2cc(C)ccc21.CC.CC.[HH]. The molecule has 0 fully saturated rings. The van der Waals surface area contributed by atoms with Crippen LogP contribution >= 0.6 is 0 Å². The smallest absolute Gasteiger partial charge is 0.0415 e. The molecule has 2 rings (SSSR count). The third-order valence-electron chi connectivity index (χ3n) is 2.57. The average Bonchev–Trinajstić information content (AvgIpc) is 2.43. The van der Waals surface area contributed by atoms with E-state index >= 15 is 0 Å². The minimum Gasteiger partial charge on any atom is -0.362 e. The lowest BCUT2D eigenvalue weighted by molar-refractivity contribution is 0.955. The third kappa shape index (κ3) is 4.40. The van der Waals surface area contributed by atoms with Crippen molar-refractivity contribution in [1.82, 2.24) is 5.32 Å². The predicted molar refractivity (Wildman–Crippen MR) is 85.6 cm³/mol. The van der Waals surface area contributed by atoms with Gasteiger partial charge in [0.25, 0.3) is 0 Å². The first-order chi connectivity index (χ1) is 8.81. The van der Waals surface area contributed by atoms with Gasteiger partial charge in [-0.15, -0.1) is 0 Å². The van der Waals surface area contributed by atoms with Gasteiger partial charge in [0, 0.05) is 12.7 Å². The van der Waals surface area contributed by atoms with Gasteiger partial charge in [-0.05, 0) is 31.5 Å². The van der Waals surface area contributed by atoms with Gasteiger partial charge >= 0.3 is 0 Å². The van der Waals surface area contributed by atoms with Gasteiger partial charge in [-0.1, -0.05) is 64.1 Å². The van der Waals surface area contributed by atoms with Crippen LogP contribution in [0.3, 0.4) is 0 Å². The fourth-order valence-electron chi connectivity index (χ4n) is 1.92. The Kier molecular flexibility index (Phi) is 8.73. The van der Waals surface area contributed by atoms with E-state index in [4.69, 9.17) is 0 Å². The topological polar surface area (TPSA) is 12.0 Å². The van der Waals surface area contributed by atoms with Crippen LogP contribution in [-0.2, 0) is 6.42 Å². The fourth-order valence-corrected chi connectivity index (χ4v) is 1.92. The van der Waals surface area contributed by atoms with Crippen LogP contribution in [0.15, 0.2) is 37.1 Å². The van der Waals surface area contributed by atoms with Gasteiger partial charge in [0.15, 0.2) is 0 Å². The lowest BCUT2D eigenvalue weighted by atomic mass is 9.93. The number of nitrogens with one attached hydrogen (secondary N) is 1. The molecule has 1 aromatic rings. The molecule has 102 valence electrons. The first kappa shape index (κ1) is 16.5. The maximum Gasteiger partial charge on any atom is 0.0415 e. The summed E-state index contributed by atoms with van der Waals surface area (Å²) in [7, 11) is 0. The van der Waals surface area contributed by atoms with Crippen LogP contribution in [-0.4, -0.2) is 0 Å². The summed E-state index contributed by atoms with van der Waals surface area (Å²) >= 11 is 0. The Morgan fingerprint density at radius 1 is 1.22 bits per heavy atom. The second-order valence-electron chi connectivity index (χ2n) is 3.67. The molecule has 0 radical (unpaired) electrons. The van der Waals surface area contributed by atoms with Crippen molar-refractivity contribution < 1.29 is 1.43 Å².